The second-order valence-corrected chi connectivity index (χ2v) is 7.15. The zero-order valence-electron chi connectivity index (χ0n) is 14.4. The molecule has 0 saturated carbocycles. The Morgan fingerprint density at radius 3 is 2.44 bits per heavy atom. The van der Waals surface area contributed by atoms with Crippen molar-refractivity contribution in [3.63, 3.8) is 0 Å². The molecule has 0 aliphatic heterocycles. The second-order valence-electron chi connectivity index (χ2n) is 5.82. The number of benzene rings is 2. The summed E-state index contributed by atoms with van der Waals surface area (Å²) in [6.07, 6.45) is 0. The number of anilines is 2. The Morgan fingerprint density at radius 1 is 1.08 bits per heavy atom. The van der Waals surface area contributed by atoms with E-state index < -0.39 is 11.1 Å². The molecule has 6 heteroatoms. The highest BCUT2D eigenvalue weighted by Gasteiger charge is 2.16. The van der Waals surface area contributed by atoms with Crippen LogP contribution in [-0.4, -0.2) is 22.8 Å². The molecule has 1 atom stereocenters. The third-order valence-electron chi connectivity index (χ3n) is 3.63. The van der Waals surface area contributed by atoms with Crippen molar-refractivity contribution in [3.05, 3.63) is 59.4 Å². The SMILES string of the molecule is Cc1ccc(NC(=O)CS[C@@H](C)C(=O)Nc2cc(F)ccc2C)cc1. The van der Waals surface area contributed by atoms with E-state index in [1.807, 2.05) is 31.2 Å². The summed E-state index contributed by atoms with van der Waals surface area (Å²) in [4.78, 5) is 24.2. The van der Waals surface area contributed by atoms with E-state index in [0.29, 0.717) is 5.69 Å². The molecular formula is C19H21FN2O2S. The maximum atomic E-state index is 13.3. The van der Waals surface area contributed by atoms with E-state index in [1.165, 1.54) is 23.9 Å². The molecule has 0 unspecified atom stereocenters. The molecule has 4 nitrogen and oxygen atoms in total. The number of carbonyl (C=O) groups excluding carboxylic acids is 2. The van der Waals surface area contributed by atoms with Crippen LogP contribution in [0.3, 0.4) is 0 Å². The Hall–Kier alpha value is -2.34. The third-order valence-corrected chi connectivity index (χ3v) is 4.77. The second kappa shape index (κ2) is 8.67. The van der Waals surface area contributed by atoms with Crippen molar-refractivity contribution in [3.8, 4) is 0 Å². The standard InChI is InChI=1S/C19H21FN2O2S/c1-12-4-8-16(9-5-12)21-18(23)11-25-14(3)19(24)22-17-10-15(20)7-6-13(17)2/h4-10,14H,11H2,1-3H3,(H,21,23)(H,22,24)/t14-/m0/s1. The van der Waals surface area contributed by atoms with Gasteiger partial charge in [0.25, 0.3) is 0 Å². The van der Waals surface area contributed by atoms with Crippen molar-refractivity contribution >= 4 is 35.0 Å². The minimum absolute atomic E-state index is 0.157. The van der Waals surface area contributed by atoms with Crippen LogP contribution in [0.5, 0.6) is 0 Å². The third kappa shape index (κ3) is 5.90. The van der Waals surface area contributed by atoms with E-state index in [1.54, 1.807) is 19.9 Å². The van der Waals surface area contributed by atoms with Gasteiger partial charge in [-0.3, -0.25) is 9.59 Å². The molecule has 0 bridgehead atoms. The van der Waals surface area contributed by atoms with Gasteiger partial charge in [-0.1, -0.05) is 23.8 Å². The molecule has 0 fully saturated rings. The van der Waals surface area contributed by atoms with Crippen LogP contribution in [0.1, 0.15) is 18.1 Å². The van der Waals surface area contributed by atoms with Crippen LogP contribution in [0.15, 0.2) is 42.5 Å². The van der Waals surface area contributed by atoms with Crippen molar-refractivity contribution < 1.29 is 14.0 Å². The highest BCUT2D eigenvalue weighted by molar-refractivity contribution is 8.01. The molecule has 25 heavy (non-hydrogen) atoms. The summed E-state index contributed by atoms with van der Waals surface area (Å²) in [6, 6.07) is 11.7. The van der Waals surface area contributed by atoms with Gasteiger partial charge in [0.05, 0.1) is 11.0 Å². The van der Waals surface area contributed by atoms with Gasteiger partial charge in [-0.05, 0) is 50.6 Å². The number of halogens is 1. The minimum atomic E-state index is -0.438. The number of carbonyl (C=O) groups is 2. The van der Waals surface area contributed by atoms with E-state index in [0.717, 1.165) is 16.8 Å². The van der Waals surface area contributed by atoms with Gasteiger partial charge in [-0.25, -0.2) is 4.39 Å². The Bertz CT molecular complexity index is 763. The molecule has 0 saturated heterocycles. The zero-order valence-corrected chi connectivity index (χ0v) is 15.2. The fourth-order valence-electron chi connectivity index (χ4n) is 2.07. The Morgan fingerprint density at radius 2 is 1.76 bits per heavy atom. The average Bonchev–Trinajstić information content (AvgIpc) is 2.58. The molecule has 2 amide bonds. The van der Waals surface area contributed by atoms with Crippen molar-refractivity contribution in [1.29, 1.82) is 0 Å². The molecule has 2 N–H and O–H groups in total. The molecule has 0 spiro atoms. The van der Waals surface area contributed by atoms with Gasteiger partial charge in [-0.2, -0.15) is 0 Å². The number of amides is 2. The number of hydrogen-bond donors (Lipinski definition) is 2. The Kier molecular flexibility index (Phi) is 6.58. The highest BCUT2D eigenvalue weighted by atomic mass is 32.2. The predicted molar refractivity (Wildman–Crippen MR) is 101 cm³/mol. The van der Waals surface area contributed by atoms with Gasteiger partial charge in [0.1, 0.15) is 5.82 Å². The summed E-state index contributed by atoms with van der Waals surface area (Å²) in [6.45, 7) is 5.48. The lowest BCUT2D eigenvalue weighted by atomic mass is 10.2. The molecule has 132 valence electrons. The van der Waals surface area contributed by atoms with E-state index in [4.69, 9.17) is 0 Å². The highest BCUT2D eigenvalue weighted by Crippen LogP contribution is 2.19. The largest absolute Gasteiger partial charge is 0.325 e. The summed E-state index contributed by atoms with van der Waals surface area (Å²) in [7, 11) is 0. The summed E-state index contributed by atoms with van der Waals surface area (Å²) in [5.41, 5.74) is 3.07. The lowest BCUT2D eigenvalue weighted by Crippen LogP contribution is -2.25. The Labute approximate surface area is 151 Å². The zero-order chi connectivity index (χ0) is 18.4. The van der Waals surface area contributed by atoms with Gasteiger partial charge in [0.15, 0.2) is 0 Å². The quantitative estimate of drug-likeness (QED) is 0.814. The average molecular weight is 360 g/mol. The summed E-state index contributed by atoms with van der Waals surface area (Å²) < 4.78 is 13.3. The molecular weight excluding hydrogens is 339 g/mol. The molecule has 2 aromatic rings. The first-order valence-electron chi connectivity index (χ1n) is 7.90. The fourth-order valence-corrected chi connectivity index (χ4v) is 2.76. The predicted octanol–water partition coefficient (Wildman–Crippen LogP) is 4.14. The van der Waals surface area contributed by atoms with Crippen molar-refractivity contribution in [2.45, 2.75) is 26.0 Å². The van der Waals surface area contributed by atoms with Crippen molar-refractivity contribution in [2.24, 2.45) is 0 Å². The van der Waals surface area contributed by atoms with Gasteiger partial charge < -0.3 is 10.6 Å². The van der Waals surface area contributed by atoms with Gasteiger partial charge in [0, 0.05) is 11.4 Å². The fraction of sp³-hybridized carbons (Fsp3) is 0.263. The molecule has 2 rings (SSSR count). The smallest absolute Gasteiger partial charge is 0.237 e. The summed E-state index contributed by atoms with van der Waals surface area (Å²) in [5, 5.41) is 5.05. The molecule has 2 aromatic carbocycles. The molecule has 0 heterocycles. The molecule has 0 aromatic heterocycles. The Balaban J connectivity index is 1.83. The first-order valence-corrected chi connectivity index (χ1v) is 8.95. The van der Waals surface area contributed by atoms with E-state index >= 15 is 0 Å². The van der Waals surface area contributed by atoms with Gasteiger partial charge in [-0.15, -0.1) is 11.8 Å². The van der Waals surface area contributed by atoms with E-state index in [-0.39, 0.29) is 17.6 Å². The van der Waals surface area contributed by atoms with Gasteiger partial charge >= 0.3 is 0 Å². The van der Waals surface area contributed by atoms with Crippen LogP contribution >= 0.6 is 11.8 Å². The van der Waals surface area contributed by atoms with Crippen molar-refractivity contribution in [2.75, 3.05) is 16.4 Å². The van der Waals surface area contributed by atoms with Crippen LogP contribution in [0.2, 0.25) is 0 Å². The maximum absolute atomic E-state index is 13.3. The minimum Gasteiger partial charge on any atom is -0.325 e. The lowest BCUT2D eigenvalue weighted by molar-refractivity contribution is -0.115. The van der Waals surface area contributed by atoms with Crippen LogP contribution in [0.4, 0.5) is 15.8 Å². The van der Waals surface area contributed by atoms with Crippen LogP contribution < -0.4 is 10.6 Å². The first-order chi connectivity index (χ1) is 11.8. The van der Waals surface area contributed by atoms with Crippen molar-refractivity contribution in [1.82, 2.24) is 0 Å². The molecule has 0 aliphatic carbocycles. The monoisotopic (exact) mass is 360 g/mol. The van der Waals surface area contributed by atoms with Crippen LogP contribution in [-0.2, 0) is 9.59 Å². The molecule has 0 radical (unpaired) electrons. The van der Waals surface area contributed by atoms with E-state index in [2.05, 4.69) is 10.6 Å². The number of aryl methyl sites for hydroxylation is 2. The number of thioether (sulfide) groups is 1. The maximum Gasteiger partial charge on any atom is 0.237 e. The number of nitrogens with one attached hydrogen (secondary N) is 2. The van der Waals surface area contributed by atoms with Crippen LogP contribution in [0.25, 0.3) is 0 Å². The van der Waals surface area contributed by atoms with Crippen LogP contribution in [0, 0.1) is 19.7 Å². The number of rotatable bonds is 6. The summed E-state index contributed by atoms with van der Waals surface area (Å²) in [5.74, 6) is -0.680. The van der Waals surface area contributed by atoms with E-state index in [9.17, 15) is 14.0 Å². The lowest BCUT2D eigenvalue weighted by Gasteiger charge is -2.13. The molecule has 0 aliphatic rings. The van der Waals surface area contributed by atoms with Gasteiger partial charge in [0.2, 0.25) is 11.8 Å². The summed E-state index contributed by atoms with van der Waals surface area (Å²) >= 11 is 1.23. The number of hydrogen-bond acceptors (Lipinski definition) is 3. The topological polar surface area (TPSA) is 58.2 Å². The normalized spacial score (nSPS) is 11.7. The first kappa shape index (κ1) is 19.0.